The second kappa shape index (κ2) is 6.29. The quantitative estimate of drug-likeness (QED) is 0.875. The molecule has 2 rings (SSSR count). The van der Waals surface area contributed by atoms with Crippen molar-refractivity contribution in [3.8, 4) is 0 Å². The van der Waals surface area contributed by atoms with Gasteiger partial charge in [0.25, 0.3) is 0 Å². The average Bonchev–Trinajstić information content (AvgIpc) is 2.41. The molecule has 2 atom stereocenters. The number of anilines is 2. The van der Waals surface area contributed by atoms with Crippen molar-refractivity contribution in [2.45, 2.75) is 38.6 Å². The van der Waals surface area contributed by atoms with Gasteiger partial charge in [-0.1, -0.05) is 12.8 Å². The van der Waals surface area contributed by atoms with Gasteiger partial charge in [-0.15, -0.1) is 0 Å². The molecule has 3 N–H and O–H groups in total. The number of nitrogens with zero attached hydrogens (tertiary/aromatic N) is 1. The molecule has 106 valence electrons. The van der Waals surface area contributed by atoms with Crippen LogP contribution in [0.3, 0.4) is 0 Å². The van der Waals surface area contributed by atoms with Crippen LogP contribution in [0.4, 0.5) is 11.4 Å². The van der Waals surface area contributed by atoms with Crippen molar-refractivity contribution in [3.05, 3.63) is 23.8 Å². The predicted molar refractivity (Wildman–Crippen MR) is 83.9 cm³/mol. The molecule has 19 heavy (non-hydrogen) atoms. The third-order valence-corrected chi connectivity index (χ3v) is 4.28. The van der Waals surface area contributed by atoms with Gasteiger partial charge in [0.05, 0.1) is 0 Å². The van der Waals surface area contributed by atoms with Gasteiger partial charge in [0, 0.05) is 31.5 Å². The first-order chi connectivity index (χ1) is 9.11. The Morgan fingerprint density at radius 2 is 2.00 bits per heavy atom. The highest BCUT2D eigenvalue weighted by Crippen LogP contribution is 2.29. The van der Waals surface area contributed by atoms with Gasteiger partial charge in [0.2, 0.25) is 0 Å². The Balaban J connectivity index is 2.09. The lowest BCUT2D eigenvalue weighted by Gasteiger charge is -2.32. The van der Waals surface area contributed by atoms with Gasteiger partial charge in [-0.05, 0) is 56.0 Å². The van der Waals surface area contributed by atoms with Crippen molar-refractivity contribution in [1.82, 2.24) is 0 Å². The number of benzene rings is 1. The van der Waals surface area contributed by atoms with Gasteiger partial charge in [-0.25, -0.2) is 0 Å². The zero-order chi connectivity index (χ0) is 13.8. The fourth-order valence-electron chi connectivity index (χ4n) is 2.97. The molecule has 0 bridgehead atoms. The van der Waals surface area contributed by atoms with E-state index in [1.54, 1.807) is 0 Å². The van der Waals surface area contributed by atoms with Gasteiger partial charge >= 0.3 is 0 Å². The summed E-state index contributed by atoms with van der Waals surface area (Å²) in [7, 11) is 4.15. The molecule has 1 aromatic carbocycles. The molecule has 1 saturated carbocycles. The summed E-state index contributed by atoms with van der Waals surface area (Å²) in [4.78, 5) is 2.14. The van der Waals surface area contributed by atoms with Crippen LogP contribution in [-0.2, 0) is 0 Å². The molecule has 1 aliphatic carbocycles. The lowest BCUT2D eigenvalue weighted by molar-refractivity contribution is 0.332. The summed E-state index contributed by atoms with van der Waals surface area (Å²) in [5, 5.41) is 3.72. The molecule has 0 saturated heterocycles. The van der Waals surface area contributed by atoms with Crippen molar-refractivity contribution >= 4 is 11.4 Å². The molecular weight excluding hydrogens is 234 g/mol. The number of nitrogens with two attached hydrogens (primary N) is 1. The van der Waals surface area contributed by atoms with Crippen molar-refractivity contribution < 1.29 is 0 Å². The molecule has 0 aliphatic heterocycles. The fourth-order valence-corrected chi connectivity index (χ4v) is 2.97. The molecule has 0 radical (unpaired) electrons. The van der Waals surface area contributed by atoms with Crippen LogP contribution in [0.1, 0.15) is 31.2 Å². The third-order valence-electron chi connectivity index (χ3n) is 4.28. The normalized spacial score (nSPS) is 23.2. The Hall–Kier alpha value is -1.22. The number of aryl methyl sites for hydroxylation is 1. The van der Waals surface area contributed by atoms with Crippen LogP contribution in [0.25, 0.3) is 0 Å². The number of hydrogen-bond donors (Lipinski definition) is 2. The molecule has 0 amide bonds. The first kappa shape index (κ1) is 14.2. The van der Waals surface area contributed by atoms with Crippen molar-refractivity contribution in [2.24, 2.45) is 11.7 Å². The Kier molecular flexibility index (Phi) is 4.70. The van der Waals surface area contributed by atoms with Gasteiger partial charge in [0.15, 0.2) is 0 Å². The number of rotatable bonds is 4. The summed E-state index contributed by atoms with van der Waals surface area (Å²) < 4.78 is 0. The van der Waals surface area contributed by atoms with E-state index >= 15 is 0 Å². The third kappa shape index (κ3) is 3.41. The summed E-state index contributed by atoms with van der Waals surface area (Å²) in [5.74, 6) is 0.627. The summed E-state index contributed by atoms with van der Waals surface area (Å²) in [6, 6.07) is 7.16. The first-order valence-corrected chi connectivity index (χ1v) is 7.36. The minimum absolute atomic E-state index is 0.544. The monoisotopic (exact) mass is 261 g/mol. The molecule has 2 unspecified atom stereocenters. The SMILES string of the molecule is Cc1cc(N(C)C)ccc1NC1CCCCC1CN. The predicted octanol–water partition coefficient (Wildman–Crippen LogP) is 2.99. The maximum Gasteiger partial charge on any atom is 0.0373 e. The highest BCUT2D eigenvalue weighted by atomic mass is 15.1. The zero-order valence-corrected chi connectivity index (χ0v) is 12.4. The Morgan fingerprint density at radius 3 is 2.63 bits per heavy atom. The molecule has 1 fully saturated rings. The van der Waals surface area contributed by atoms with Crippen molar-refractivity contribution in [1.29, 1.82) is 0 Å². The Bertz CT molecular complexity index is 414. The molecule has 3 nitrogen and oxygen atoms in total. The number of hydrogen-bond acceptors (Lipinski definition) is 3. The van der Waals surface area contributed by atoms with Gasteiger partial charge in [-0.2, -0.15) is 0 Å². The molecule has 0 spiro atoms. The van der Waals surface area contributed by atoms with E-state index in [-0.39, 0.29) is 0 Å². The zero-order valence-electron chi connectivity index (χ0n) is 12.4. The highest BCUT2D eigenvalue weighted by molar-refractivity contribution is 5.60. The summed E-state index contributed by atoms with van der Waals surface area (Å²) in [5.41, 5.74) is 9.73. The van der Waals surface area contributed by atoms with E-state index in [2.05, 4.69) is 49.4 Å². The van der Waals surface area contributed by atoms with E-state index in [9.17, 15) is 0 Å². The average molecular weight is 261 g/mol. The van der Waals surface area contributed by atoms with Crippen LogP contribution >= 0.6 is 0 Å². The maximum absolute atomic E-state index is 5.90. The Morgan fingerprint density at radius 1 is 1.26 bits per heavy atom. The topological polar surface area (TPSA) is 41.3 Å². The standard InChI is InChI=1S/C16H27N3/c1-12-10-14(19(2)3)8-9-15(12)18-16-7-5-4-6-13(16)11-17/h8-10,13,16,18H,4-7,11,17H2,1-3H3. The van der Waals surface area contributed by atoms with Gasteiger partial charge in [-0.3, -0.25) is 0 Å². The second-order valence-electron chi connectivity index (χ2n) is 5.92. The second-order valence-corrected chi connectivity index (χ2v) is 5.92. The first-order valence-electron chi connectivity index (χ1n) is 7.36. The molecule has 0 aromatic heterocycles. The van der Waals surface area contributed by atoms with E-state index in [0.717, 1.165) is 6.54 Å². The van der Waals surface area contributed by atoms with E-state index in [0.29, 0.717) is 12.0 Å². The smallest absolute Gasteiger partial charge is 0.0373 e. The van der Waals surface area contributed by atoms with Crippen LogP contribution in [0.15, 0.2) is 18.2 Å². The molecule has 1 aliphatic rings. The maximum atomic E-state index is 5.90. The van der Waals surface area contributed by atoms with Crippen LogP contribution in [0.5, 0.6) is 0 Å². The van der Waals surface area contributed by atoms with Crippen molar-refractivity contribution in [2.75, 3.05) is 30.9 Å². The lowest BCUT2D eigenvalue weighted by atomic mass is 9.84. The molecular formula is C16H27N3. The summed E-state index contributed by atoms with van der Waals surface area (Å²) >= 11 is 0. The molecule has 0 heterocycles. The van der Waals surface area contributed by atoms with Crippen LogP contribution < -0.4 is 16.0 Å². The summed E-state index contributed by atoms with van der Waals surface area (Å²) in [6.07, 6.45) is 5.17. The minimum atomic E-state index is 0.544. The van der Waals surface area contributed by atoms with Gasteiger partial charge < -0.3 is 16.0 Å². The lowest BCUT2D eigenvalue weighted by Crippen LogP contribution is -2.36. The van der Waals surface area contributed by atoms with Crippen LogP contribution in [-0.4, -0.2) is 26.7 Å². The number of nitrogens with one attached hydrogen (secondary N) is 1. The minimum Gasteiger partial charge on any atom is -0.382 e. The van der Waals surface area contributed by atoms with E-state index in [4.69, 9.17) is 5.73 Å². The fraction of sp³-hybridized carbons (Fsp3) is 0.625. The van der Waals surface area contributed by atoms with Crippen LogP contribution in [0.2, 0.25) is 0 Å². The summed E-state index contributed by atoms with van der Waals surface area (Å²) in [6.45, 7) is 2.97. The highest BCUT2D eigenvalue weighted by Gasteiger charge is 2.23. The van der Waals surface area contributed by atoms with Gasteiger partial charge in [0.1, 0.15) is 0 Å². The molecule has 3 heteroatoms. The Labute approximate surface area is 117 Å². The van der Waals surface area contributed by atoms with Crippen LogP contribution in [0, 0.1) is 12.8 Å². The largest absolute Gasteiger partial charge is 0.382 e. The van der Waals surface area contributed by atoms with E-state index in [1.165, 1.54) is 42.6 Å². The molecule has 1 aromatic rings. The van der Waals surface area contributed by atoms with Crippen molar-refractivity contribution in [3.63, 3.8) is 0 Å². The van der Waals surface area contributed by atoms with E-state index < -0.39 is 0 Å². The van der Waals surface area contributed by atoms with E-state index in [1.807, 2.05) is 0 Å².